The minimum Gasteiger partial charge on any atom is -0.356 e. The van der Waals surface area contributed by atoms with Crippen LogP contribution in [0.2, 0.25) is 0 Å². The van der Waals surface area contributed by atoms with E-state index in [-0.39, 0.29) is 6.23 Å². The van der Waals surface area contributed by atoms with Crippen LogP contribution in [0.3, 0.4) is 0 Å². The molecule has 18 heavy (non-hydrogen) atoms. The molecule has 1 atom stereocenters. The molecule has 1 fully saturated rings. The predicted molar refractivity (Wildman–Crippen MR) is 65.2 cm³/mol. The van der Waals surface area contributed by atoms with Crippen LogP contribution in [0.15, 0.2) is 23.4 Å². The number of hydrogen-bond acceptors (Lipinski definition) is 4. The van der Waals surface area contributed by atoms with Crippen molar-refractivity contribution in [1.82, 2.24) is 14.8 Å². The SMILES string of the molecule is [N-]=[N+]=Nc1nn(C2CCCCO2)c2ncccc12. The molecule has 0 aromatic carbocycles. The van der Waals surface area contributed by atoms with E-state index in [0.29, 0.717) is 11.5 Å². The van der Waals surface area contributed by atoms with Crippen LogP contribution in [-0.4, -0.2) is 21.4 Å². The molecule has 1 aliphatic rings. The summed E-state index contributed by atoms with van der Waals surface area (Å²) < 4.78 is 7.41. The van der Waals surface area contributed by atoms with E-state index in [0.717, 1.165) is 31.3 Å². The molecule has 7 heteroatoms. The number of ether oxygens (including phenoxy) is 1. The van der Waals surface area contributed by atoms with Crippen molar-refractivity contribution in [3.05, 3.63) is 28.8 Å². The van der Waals surface area contributed by atoms with Crippen molar-refractivity contribution in [1.29, 1.82) is 0 Å². The van der Waals surface area contributed by atoms with Gasteiger partial charge in [-0.2, -0.15) is 5.10 Å². The van der Waals surface area contributed by atoms with E-state index in [9.17, 15) is 0 Å². The third-order valence-electron chi connectivity index (χ3n) is 3.01. The lowest BCUT2D eigenvalue weighted by Crippen LogP contribution is -2.19. The van der Waals surface area contributed by atoms with Gasteiger partial charge in [0.05, 0.1) is 0 Å². The highest BCUT2D eigenvalue weighted by molar-refractivity contribution is 5.85. The third-order valence-corrected chi connectivity index (χ3v) is 3.01. The molecule has 0 spiro atoms. The van der Waals surface area contributed by atoms with Gasteiger partial charge in [-0.05, 0) is 42.0 Å². The van der Waals surface area contributed by atoms with Gasteiger partial charge < -0.3 is 4.74 Å². The van der Waals surface area contributed by atoms with Crippen LogP contribution < -0.4 is 0 Å². The predicted octanol–water partition coefficient (Wildman–Crippen LogP) is 3.07. The van der Waals surface area contributed by atoms with Gasteiger partial charge >= 0.3 is 0 Å². The highest BCUT2D eigenvalue weighted by atomic mass is 16.5. The van der Waals surface area contributed by atoms with E-state index in [1.165, 1.54) is 0 Å². The molecular formula is C11H12N6O. The summed E-state index contributed by atoms with van der Waals surface area (Å²) in [7, 11) is 0. The zero-order valence-corrected chi connectivity index (χ0v) is 9.73. The Morgan fingerprint density at radius 1 is 1.50 bits per heavy atom. The van der Waals surface area contributed by atoms with Crippen molar-refractivity contribution < 1.29 is 4.74 Å². The fraction of sp³-hybridized carbons (Fsp3) is 0.455. The van der Waals surface area contributed by atoms with Crippen LogP contribution in [0.5, 0.6) is 0 Å². The largest absolute Gasteiger partial charge is 0.356 e. The standard InChI is InChI=1S/C11H12N6O/c12-16-14-10-8-4-3-6-13-11(8)17(15-10)9-5-1-2-7-18-9/h3-4,6,9H,1-2,5,7H2. The van der Waals surface area contributed by atoms with E-state index in [1.54, 1.807) is 16.9 Å². The normalized spacial score (nSPS) is 19.7. The van der Waals surface area contributed by atoms with Crippen LogP contribution in [0.1, 0.15) is 25.5 Å². The van der Waals surface area contributed by atoms with Crippen LogP contribution in [0, 0.1) is 0 Å². The number of aromatic nitrogens is 3. The Morgan fingerprint density at radius 2 is 2.44 bits per heavy atom. The number of hydrogen-bond donors (Lipinski definition) is 0. The minimum atomic E-state index is -0.112. The van der Waals surface area contributed by atoms with Gasteiger partial charge in [0.25, 0.3) is 0 Å². The molecule has 0 bridgehead atoms. The molecule has 7 nitrogen and oxygen atoms in total. The first-order valence-corrected chi connectivity index (χ1v) is 5.90. The maximum atomic E-state index is 8.56. The lowest BCUT2D eigenvalue weighted by molar-refractivity contribution is -0.0368. The topological polar surface area (TPSA) is 88.7 Å². The molecular weight excluding hydrogens is 232 g/mol. The maximum Gasteiger partial charge on any atom is 0.160 e. The van der Waals surface area contributed by atoms with Crippen molar-refractivity contribution in [2.45, 2.75) is 25.5 Å². The Bertz CT molecular complexity index is 609. The van der Waals surface area contributed by atoms with E-state index in [1.807, 2.05) is 6.07 Å². The van der Waals surface area contributed by atoms with Crippen LogP contribution >= 0.6 is 0 Å². The zero-order chi connectivity index (χ0) is 12.4. The molecule has 0 aliphatic carbocycles. The van der Waals surface area contributed by atoms with Gasteiger partial charge in [-0.3, -0.25) is 0 Å². The molecule has 0 amide bonds. The van der Waals surface area contributed by atoms with Crippen molar-refractivity contribution in [2.24, 2.45) is 5.11 Å². The van der Waals surface area contributed by atoms with E-state index in [4.69, 9.17) is 10.3 Å². The zero-order valence-electron chi connectivity index (χ0n) is 9.73. The summed E-state index contributed by atoms with van der Waals surface area (Å²) >= 11 is 0. The Balaban J connectivity index is 2.13. The number of rotatable bonds is 2. The van der Waals surface area contributed by atoms with Gasteiger partial charge in [-0.25, -0.2) is 9.67 Å². The molecule has 3 rings (SSSR count). The first-order valence-electron chi connectivity index (χ1n) is 5.90. The first kappa shape index (κ1) is 11.0. The fourth-order valence-corrected chi connectivity index (χ4v) is 2.19. The smallest absolute Gasteiger partial charge is 0.160 e. The van der Waals surface area contributed by atoms with E-state index < -0.39 is 0 Å². The van der Waals surface area contributed by atoms with Gasteiger partial charge in [0, 0.05) is 23.1 Å². The fourth-order valence-electron chi connectivity index (χ4n) is 2.19. The molecule has 0 saturated carbocycles. The number of nitrogens with zero attached hydrogens (tertiary/aromatic N) is 6. The van der Waals surface area contributed by atoms with Gasteiger partial charge in [0.2, 0.25) is 0 Å². The quantitative estimate of drug-likeness (QED) is 0.462. The van der Waals surface area contributed by atoms with Crippen molar-refractivity contribution in [2.75, 3.05) is 6.61 Å². The molecule has 1 saturated heterocycles. The number of fused-ring (bicyclic) bond motifs is 1. The molecule has 1 aliphatic heterocycles. The third kappa shape index (κ3) is 1.79. The van der Waals surface area contributed by atoms with Gasteiger partial charge in [-0.15, -0.1) is 0 Å². The summed E-state index contributed by atoms with van der Waals surface area (Å²) in [5.41, 5.74) is 9.26. The minimum absolute atomic E-state index is 0.112. The first-order chi connectivity index (χ1) is 8.90. The molecule has 2 aromatic rings. The lowest BCUT2D eigenvalue weighted by atomic mass is 10.2. The number of azide groups is 1. The molecule has 2 aromatic heterocycles. The van der Waals surface area contributed by atoms with Crippen LogP contribution in [-0.2, 0) is 4.74 Å². The lowest BCUT2D eigenvalue weighted by Gasteiger charge is -2.22. The molecule has 92 valence electrons. The van der Waals surface area contributed by atoms with Crippen LogP contribution in [0.4, 0.5) is 5.82 Å². The van der Waals surface area contributed by atoms with E-state index in [2.05, 4.69) is 20.1 Å². The average molecular weight is 244 g/mol. The van der Waals surface area contributed by atoms with Gasteiger partial charge in [0.1, 0.15) is 0 Å². The Labute approximate surface area is 103 Å². The van der Waals surface area contributed by atoms with Crippen molar-refractivity contribution >= 4 is 16.9 Å². The highest BCUT2D eigenvalue weighted by Crippen LogP contribution is 2.30. The summed E-state index contributed by atoms with van der Waals surface area (Å²) in [6.07, 6.45) is 4.67. The summed E-state index contributed by atoms with van der Waals surface area (Å²) in [5, 5.41) is 8.67. The highest BCUT2D eigenvalue weighted by Gasteiger charge is 2.21. The monoisotopic (exact) mass is 244 g/mol. The second-order valence-electron chi connectivity index (χ2n) is 4.15. The van der Waals surface area contributed by atoms with Gasteiger partial charge in [0.15, 0.2) is 17.7 Å². The summed E-state index contributed by atoms with van der Waals surface area (Å²) in [6.45, 7) is 0.732. The summed E-state index contributed by atoms with van der Waals surface area (Å²) in [6, 6.07) is 3.64. The maximum absolute atomic E-state index is 8.56. The second-order valence-corrected chi connectivity index (χ2v) is 4.15. The molecule has 1 unspecified atom stereocenters. The Hall–Kier alpha value is -2.11. The van der Waals surface area contributed by atoms with Crippen LogP contribution in [0.25, 0.3) is 21.5 Å². The average Bonchev–Trinajstić information content (AvgIpc) is 2.80. The van der Waals surface area contributed by atoms with Crippen molar-refractivity contribution in [3.63, 3.8) is 0 Å². The summed E-state index contributed by atoms with van der Waals surface area (Å²) in [5.74, 6) is 0.356. The van der Waals surface area contributed by atoms with Gasteiger partial charge in [-0.1, -0.05) is 0 Å². The number of pyridine rings is 1. The second kappa shape index (κ2) is 4.64. The Kier molecular flexibility index (Phi) is 2.84. The van der Waals surface area contributed by atoms with Crippen molar-refractivity contribution in [3.8, 4) is 0 Å². The summed E-state index contributed by atoms with van der Waals surface area (Å²) in [4.78, 5) is 7.09. The molecule has 3 heterocycles. The molecule has 0 radical (unpaired) electrons. The Morgan fingerprint density at radius 3 is 3.22 bits per heavy atom. The molecule has 0 N–H and O–H groups in total. The van der Waals surface area contributed by atoms with E-state index >= 15 is 0 Å².